The predicted molar refractivity (Wildman–Crippen MR) is 60.6 cm³/mol. The fourth-order valence-corrected chi connectivity index (χ4v) is 2.37. The van der Waals surface area contributed by atoms with E-state index in [9.17, 15) is 4.79 Å². The fraction of sp³-hybridized carbons (Fsp3) is 0.917. The summed E-state index contributed by atoms with van der Waals surface area (Å²) in [7, 11) is 0. The molecule has 2 aliphatic rings. The van der Waals surface area contributed by atoms with Crippen LogP contribution in [0.2, 0.25) is 0 Å². The van der Waals surface area contributed by atoms with E-state index in [2.05, 4.69) is 23.6 Å². The van der Waals surface area contributed by atoms with Crippen LogP contribution in [0.3, 0.4) is 0 Å². The number of carbonyl (C=O) groups excluding carboxylic acids is 1. The zero-order valence-corrected chi connectivity index (χ0v) is 9.91. The van der Waals surface area contributed by atoms with Crippen LogP contribution in [0.15, 0.2) is 0 Å². The highest BCUT2D eigenvalue weighted by atomic mass is 16.2. The molecule has 1 saturated carbocycles. The Morgan fingerprint density at radius 3 is 2.33 bits per heavy atom. The van der Waals surface area contributed by atoms with Crippen molar-refractivity contribution in [3.05, 3.63) is 0 Å². The second kappa shape index (κ2) is 4.52. The molecule has 1 amide bonds. The Morgan fingerprint density at radius 2 is 1.87 bits per heavy atom. The third-order valence-electron chi connectivity index (χ3n) is 3.85. The van der Waals surface area contributed by atoms with Crippen LogP contribution in [0.1, 0.15) is 26.7 Å². The first-order valence-electron chi connectivity index (χ1n) is 6.23. The molecule has 1 aliphatic carbocycles. The van der Waals surface area contributed by atoms with Gasteiger partial charge >= 0.3 is 0 Å². The molecule has 1 aliphatic heterocycles. The zero-order chi connectivity index (χ0) is 10.8. The Morgan fingerprint density at radius 1 is 1.27 bits per heavy atom. The van der Waals surface area contributed by atoms with E-state index in [4.69, 9.17) is 0 Å². The summed E-state index contributed by atoms with van der Waals surface area (Å²) in [6.07, 6.45) is 2.53. The van der Waals surface area contributed by atoms with Crippen LogP contribution in [0.4, 0.5) is 0 Å². The highest BCUT2D eigenvalue weighted by molar-refractivity contribution is 5.79. The van der Waals surface area contributed by atoms with Crippen LogP contribution in [0, 0.1) is 11.8 Å². The molecule has 0 aromatic carbocycles. The molecule has 1 heterocycles. The van der Waals surface area contributed by atoms with Crippen molar-refractivity contribution in [1.29, 1.82) is 0 Å². The van der Waals surface area contributed by atoms with E-state index in [1.54, 1.807) is 0 Å². The van der Waals surface area contributed by atoms with E-state index >= 15 is 0 Å². The van der Waals surface area contributed by atoms with Gasteiger partial charge in [-0.3, -0.25) is 4.79 Å². The van der Waals surface area contributed by atoms with Crippen LogP contribution in [0.25, 0.3) is 0 Å². The minimum Gasteiger partial charge on any atom is -0.340 e. The van der Waals surface area contributed by atoms with Gasteiger partial charge in [0, 0.05) is 32.1 Å². The maximum absolute atomic E-state index is 12.1. The lowest BCUT2D eigenvalue weighted by Gasteiger charge is -2.35. The molecule has 1 unspecified atom stereocenters. The number of amides is 1. The quantitative estimate of drug-likeness (QED) is 0.699. The fourth-order valence-electron chi connectivity index (χ4n) is 2.37. The van der Waals surface area contributed by atoms with Gasteiger partial charge in [-0.1, -0.05) is 13.8 Å². The molecule has 0 spiro atoms. The molecule has 15 heavy (non-hydrogen) atoms. The molecular weight excluding hydrogens is 188 g/mol. The lowest BCUT2D eigenvalue weighted by atomic mass is 10.0. The molecule has 1 atom stereocenters. The van der Waals surface area contributed by atoms with Crippen LogP contribution in [-0.4, -0.2) is 48.4 Å². The molecule has 1 saturated heterocycles. The highest BCUT2D eigenvalue weighted by Crippen LogP contribution is 2.37. The van der Waals surface area contributed by atoms with E-state index in [1.165, 1.54) is 12.8 Å². The molecule has 0 bridgehead atoms. The van der Waals surface area contributed by atoms with Gasteiger partial charge in [-0.05, 0) is 25.3 Å². The van der Waals surface area contributed by atoms with Gasteiger partial charge in [0.2, 0.25) is 5.91 Å². The second-order valence-electron chi connectivity index (χ2n) is 4.89. The molecule has 3 heteroatoms. The largest absolute Gasteiger partial charge is 0.340 e. The maximum Gasteiger partial charge on any atom is 0.225 e. The first kappa shape index (κ1) is 10.9. The summed E-state index contributed by atoms with van der Waals surface area (Å²) < 4.78 is 0. The average molecular weight is 210 g/mol. The Hall–Kier alpha value is -0.570. The number of piperazine rings is 1. The number of carbonyl (C=O) groups is 1. The van der Waals surface area contributed by atoms with E-state index in [0.29, 0.717) is 11.8 Å². The van der Waals surface area contributed by atoms with Crippen molar-refractivity contribution in [3.8, 4) is 0 Å². The number of hydrogen-bond donors (Lipinski definition) is 0. The summed E-state index contributed by atoms with van der Waals surface area (Å²) in [6, 6.07) is 0. The van der Waals surface area contributed by atoms with Crippen molar-refractivity contribution in [2.45, 2.75) is 26.7 Å². The van der Waals surface area contributed by atoms with E-state index in [1.807, 2.05) is 0 Å². The number of likely N-dealkylation sites (N-methyl/N-ethyl adjacent to an activating group) is 1. The monoisotopic (exact) mass is 210 g/mol. The SMILES string of the molecule is CCN1CCN(C(=O)C(C)C2CC2)CC1. The molecular formula is C12H22N2O. The highest BCUT2D eigenvalue weighted by Gasteiger charge is 2.35. The molecule has 86 valence electrons. The Kier molecular flexibility index (Phi) is 3.29. The van der Waals surface area contributed by atoms with Gasteiger partial charge in [0.1, 0.15) is 0 Å². The zero-order valence-electron chi connectivity index (χ0n) is 9.91. The van der Waals surface area contributed by atoms with Crippen molar-refractivity contribution < 1.29 is 4.79 Å². The summed E-state index contributed by atoms with van der Waals surface area (Å²) in [5.41, 5.74) is 0. The summed E-state index contributed by atoms with van der Waals surface area (Å²) in [5, 5.41) is 0. The van der Waals surface area contributed by atoms with Crippen molar-refractivity contribution >= 4 is 5.91 Å². The maximum atomic E-state index is 12.1. The third-order valence-corrected chi connectivity index (χ3v) is 3.85. The summed E-state index contributed by atoms with van der Waals surface area (Å²) in [6.45, 7) is 9.38. The Bertz CT molecular complexity index is 230. The van der Waals surface area contributed by atoms with E-state index in [0.717, 1.165) is 32.7 Å². The van der Waals surface area contributed by atoms with E-state index in [-0.39, 0.29) is 5.92 Å². The lowest BCUT2D eigenvalue weighted by Crippen LogP contribution is -2.50. The standard InChI is InChI=1S/C12H22N2O/c1-3-13-6-8-14(9-7-13)12(15)10(2)11-4-5-11/h10-11H,3-9H2,1-2H3. The molecule has 0 radical (unpaired) electrons. The Labute approximate surface area is 92.4 Å². The number of rotatable bonds is 3. The molecule has 0 aromatic heterocycles. The molecule has 3 nitrogen and oxygen atoms in total. The van der Waals surface area contributed by atoms with Gasteiger partial charge < -0.3 is 9.80 Å². The molecule has 2 rings (SSSR count). The van der Waals surface area contributed by atoms with Crippen LogP contribution < -0.4 is 0 Å². The third kappa shape index (κ3) is 2.51. The van der Waals surface area contributed by atoms with Crippen LogP contribution in [0.5, 0.6) is 0 Å². The minimum absolute atomic E-state index is 0.276. The number of hydrogen-bond acceptors (Lipinski definition) is 2. The van der Waals surface area contributed by atoms with Crippen molar-refractivity contribution in [2.24, 2.45) is 11.8 Å². The van der Waals surface area contributed by atoms with Crippen LogP contribution >= 0.6 is 0 Å². The predicted octanol–water partition coefficient (Wildman–Crippen LogP) is 1.20. The molecule has 0 aromatic rings. The number of nitrogens with zero attached hydrogens (tertiary/aromatic N) is 2. The Balaban J connectivity index is 1.81. The van der Waals surface area contributed by atoms with E-state index < -0.39 is 0 Å². The van der Waals surface area contributed by atoms with Gasteiger partial charge in [-0.2, -0.15) is 0 Å². The first-order valence-corrected chi connectivity index (χ1v) is 6.23. The summed E-state index contributed by atoms with van der Waals surface area (Å²) in [5.74, 6) is 1.37. The van der Waals surface area contributed by atoms with Gasteiger partial charge in [-0.15, -0.1) is 0 Å². The normalized spacial score (nSPS) is 25.3. The van der Waals surface area contributed by atoms with Gasteiger partial charge in [0.15, 0.2) is 0 Å². The van der Waals surface area contributed by atoms with Crippen molar-refractivity contribution in [3.63, 3.8) is 0 Å². The van der Waals surface area contributed by atoms with Crippen molar-refractivity contribution in [2.75, 3.05) is 32.7 Å². The van der Waals surface area contributed by atoms with Gasteiger partial charge in [0.05, 0.1) is 0 Å². The topological polar surface area (TPSA) is 23.6 Å². The average Bonchev–Trinajstić information content (AvgIpc) is 3.11. The lowest BCUT2D eigenvalue weighted by molar-refractivity contribution is -0.137. The molecule has 0 N–H and O–H groups in total. The smallest absolute Gasteiger partial charge is 0.225 e. The van der Waals surface area contributed by atoms with Crippen molar-refractivity contribution in [1.82, 2.24) is 9.80 Å². The summed E-state index contributed by atoms with van der Waals surface area (Å²) in [4.78, 5) is 16.6. The first-order chi connectivity index (χ1) is 7.22. The summed E-state index contributed by atoms with van der Waals surface area (Å²) >= 11 is 0. The van der Waals surface area contributed by atoms with Crippen LogP contribution in [-0.2, 0) is 4.79 Å². The minimum atomic E-state index is 0.276. The second-order valence-corrected chi connectivity index (χ2v) is 4.89. The van der Waals surface area contributed by atoms with Gasteiger partial charge in [-0.25, -0.2) is 0 Å². The van der Waals surface area contributed by atoms with Gasteiger partial charge in [0.25, 0.3) is 0 Å². The molecule has 2 fully saturated rings.